The Bertz CT molecular complexity index is 829. The van der Waals surface area contributed by atoms with E-state index in [0.717, 1.165) is 47.5 Å². The number of aliphatic hydroxyl groups is 1. The molecule has 0 amide bonds. The van der Waals surface area contributed by atoms with Crippen molar-refractivity contribution in [3.63, 3.8) is 0 Å². The van der Waals surface area contributed by atoms with E-state index in [1.165, 1.54) is 11.1 Å². The molecule has 114 valence electrons. The maximum absolute atomic E-state index is 9.90. The lowest BCUT2D eigenvalue weighted by Gasteiger charge is -2.16. The SMILES string of the molecule is OCc1nc(-c2ccccn2)c2c(c1-c1ccccc1)CCC2. The van der Waals surface area contributed by atoms with Gasteiger partial charge in [0.25, 0.3) is 0 Å². The molecule has 1 aliphatic carbocycles. The first-order valence-corrected chi connectivity index (χ1v) is 8.01. The molecule has 0 unspecified atom stereocenters. The van der Waals surface area contributed by atoms with Crippen LogP contribution in [0.2, 0.25) is 0 Å². The number of hydrogen-bond donors (Lipinski definition) is 1. The van der Waals surface area contributed by atoms with Crippen molar-refractivity contribution in [3.8, 4) is 22.5 Å². The molecule has 1 aliphatic rings. The minimum absolute atomic E-state index is 0.0582. The fourth-order valence-electron chi connectivity index (χ4n) is 3.49. The van der Waals surface area contributed by atoms with Crippen molar-refractivity contribution in [2.24, 2.45) is 0 Å². The second-order valence-electron chi connectivity index (χ2n) is 5.83. The average Bonchev–Trinajstić information content (AvgIpc) is 3.11. The van der Waals surface area contributed by atoms with Gasteiger partial charge < -0.3 is 5.11 Å². The lowest BCUT2D eigenvalue weighted by atomic mass is 9.94. The van der Waals surface area contributed by atoms with Gasteiger partial charge in [-0.3, -0.25) is 4.98 Å². The lowest BCUT2D eigenvalue weighted by Crippen LogP contribution is -2.04. The van der Waals surface area contributed by atoms with Crippen molar-refractivity contribution in [3.05, 3.63) is 71.5 Å². The van der Waals surface area contributed by atoms with E-state index in [-0.39, 0.29) is 6.61 Å². The van der Waals surface area contributed by atoms with Crippen molar-refractivity contribution >= 4 is 0 Å². The predicted octanol–water partition coefficient (Wildman–Crippen LogP) is 3.79. The van der Waals surface area contributed by atoms with Crippen molar-refractivity contribution in [2.75, 3.05) is 0 Å². The number of hydrogen-bond acceptors (Lipinski definition) is 3. The average molecular weight is 302 g/mol. The van der Waals surface area contributed by atoms with Crippen LogP contribution in [0.3, 0.4) is 0 Å². The van der Waals surface area contributed by atoms with Crippen LogP contribution < -0.4 is 0 Å². The van der Waals surface area contributed by atoms with E-state index in [2.05, 4.69) is 17.1 Å². The molecule has 0 bridgehead atoms. The summed E-state index contributed by atoms with van der Waals surface area (Å²) in [6.45, 7) is -0.0582. The van der Waals surface area contributed by atoms with Crippen LogP contribution in [-0.2, 0) is 19.4 Å². The normalized spacial score (nSPS) is 13.1. The molecule has 3 nitrogen and oxygen atoms in total. The van der Waals surface area contributed by atoms with Gasteiger partial charge >= 0.3 is 0 Å². The Morgan fingerprint density at radius 1 is 0.913 bits per heavy atom. The van der Waals surface area contributed by atoms with Crippen LogP contribution in [0.5, 0.6) is 0 Å². The van der Waals surface area contributed by atoms with Crippen LogP contribution >= 0.6 is 0 Å². The molecule has 0 saturated carbocycles. The Kier molecular flexibility index (Phi) is 3.64. The number of aromatic nitrogens is 2. The number of rotatable bonds is 3. The van der Waals surface area contributed by atoms with E-state index in [1.54, 1.807) is 6.20 Å². The molecular formula is C20H18N2O. The third-order valence-electron chi connectivity index (χ3n) is 4.46. The number of benzene rings is 1. The van der Waals surface area contributed by atoms with E-state index in [0.29, 0.717) is 0 Å². The van der Waals surface area contributed by atoms with Crippen LogP contribution in [0.15, 0.2) is 54.7 Å². The molecule has 0 atom stereocenters. The Morgan fingerprint density at radius 3 is 2.43 bits per heavy atom. The smallest absolute Gasteiger partial charge is 0.0925 e. The quantitative estimate of drug-likeness (QED) is 0.800. The highest BCUT2D eigenvalue weighted by atomic mass is 16.3. The molecule has 0 aliphatic heterocycles. The zero-order valence-electron chi connectivity index (χ0n) is 12.9. The molecule has 0 radical (unpaired) electrons. The first-order valence-electron chi connectivity index (χ1n) is 8.01. The van der Waals surface area contributed by atoms with Crippen molar-refractivity contribution in [1.29, 1.82) is 0 Å². The van der Waals surface area contributed by atoms with Gasteiger partial charge in [-0.05, 0) is 48.1 Å². The minimum Gasteiger partial charge on any atom is -0.390 e. The summed E-state index contributed by atoms with van der Waals surface area (Å²) in [6, 6.07) is 16.1. The zero-order valence-corrected chi connectivity index (χ0v) is 12.9. The van der Waals surface area contributed by atoms with Crippen LogP contribution in [0, 0.1) is 0 Å². The fourth-order valence-corrected chi connectivity index (χ4v) is 3.49. The Balaban J connectivity index is 1.98. The minimum atomic E-state index is -0.0582. The molecule has 4 rings (SSSR count). The molecule has 3 heteroatoms. The highest BCUT2D eigenvalue weighted by molar-refractivity contribution is 5.76. The molecule has 2 aromatic heterocycles. The van der Waals surface area contributed by atoms with Crippen LogP contribution in [0.1, 0.15) is 23.2 Å². The van der Waals surface area contributed by atoms with Gasteiger partial charge in [-0.25, -0.2) is 4.98 Å². The summed E-state index contributed by atoms with van der Waals surface area (Å²) in [7, 11) is 0. The number of aliphatic hydroxyl groups excluding tert-OH is 1. The zero-order chi connectivity index (χ0) is 15.6. The molecule has 1 aromatic carbocycles. The van der Waals surface area contributed by atoms with E-state index >= 15 is 0 Å². The number of pyridine rings is 2. The summed E-state index contributed by atoms with van der Waals surface area (Å²) < 4.78 is 0. The highest BCUT2D eigenvalue weighted by Crippen LogP contribution is 2.38. The Hall–Kier alpha value is -2.52. The monoisotopic (exact) mass is 302 g/mol. The third-order valence-corrected chi connectivity index (χ3v) is 4.46. The Morgan fingerprint density at radius 2 is 1.70 bits per heavy atom. The summed E-state index contributed by atoms with van der Waals surface area (Å²) in [5, 5.41) is 9.90. The second kappa shape index (κ2) is 5.94. The van der Waals surface area contributed by atoms with Gasteiger partial charge in [-0.15, -0.1) is 0 Å². The van der Waals surface area contributed by atoms with Gasteiger partial charge in [0.2, 0.25) is 0 Å². The van der Waals surface area contributed by atoms with E-state index in [9.17, 15) is 5.11 Å². The van der Waals surface area contributed by atoms with Gasteiger partial charge in [0.05, 0.1) is 23.7 Å². The van der Waals surface area contributed by atoms with Crippen LogP contribution in [0.4, 0.5) is 0 Å². The molecule has 0 saturated heterocycles. The molecule has 2 heterocycles. The standard InChI is InChI=1S/C20H18N2O/c23-13-18-19(14-7-2-1-3-8-14)15-9-6-10-16(15)20(22-18)17-11-4-5-12-21-17/h1-5,7-8,11-12,23H,6,9-10,13H2. The summed E-state index contributed by atoms with van der Waals surface area (Å²) in [6.07, 6.45) is 4.99. The van der Waals surface area contributed by atoms with Crippen molar-refractivity contribution < 1.29 is 5.11 Å². The Labute approximate surface area is 135 Å². The maximum atomic E-state index is 9.90. The molecule has 3 aromatic rings. The first kappa shape index (κ1) is 14.1. The molecule has 0 spiro atoms. The van der Waals surface area contributed by atoms with E-state index in [1.807, 2.05) is 36.4 Å². The molecular weight excluding hydrogens is 284 g/mol. The topological polar surface area (TPSA) is 46.0 Å². The van der Waals surface area contributed by atoms with Gasteiger partial charge in [-0.2, -0.15) is 0 Å². The maximum Gasteiger partial charge on any atom is 0.0925 e. The fraction of sp³-hybridized carbons (Fsp3) is 0.200. The van der Waals surface area contributed by atoms with Gasteiger partial charge in [-0.1, -0.05) is 36.4 Å². The summed E-state index contributed by atoms with van der Waals surface area (Å²) in [5.41, 5.74) is 7.44. The van der Waals surface area contributed by atoms with Crippen LogP contribution in [-0.4, -0.2) is 15.1 Å². The van der Waals surface area contributed by atoms with Gasteiger partial charge in [0.1, 0.15) is 0 Å². The molecule has 1 N–H and O–H groups in total. The lowest BCUT2D eigenvalue weighted by molar-refractivity contribution is 0.277. The second-order valence-corrected chi connectivity index (χ2v) is 5.83. The van der Waals surface area contributed by atoms with E-state index in [4.69, 9.17) is 4.98 Å². The summed E-state index contributed by atoms with van der Waals surface area (Å²) in [4.78, 5) is 9.26. The number of nitrogens with zero attached hydrogens (tertiary/aromatic N) is 2. The summed E-state index contributed by atoms with van der Waals surface area (Å²) >= 11 is 0. The van der Waals surface area contributed by atoms with Crippen LogP contribution in [0.25, 0.3) is 22.5 Å². The first-order chi connectivity index (χ1) is 11.4. The van der Waals surface area contributed by atoms with Crippen molar-refractivity contribution in [2.45, 2.75) is 25.9 Å². The largest absolute Gasteiger partial charge is 0.390 e. The van der Waals surface area contributed by atoms with Gasteiger partial charge in [0.15, 0.2) is 0 Å². The molecule has 23 heavy (non-hydrogen) atoms. The molecule has 0 fully saturated rings. The third kappa shape index (κ3) is 2.43. The predicted molar refractivity (Wildman–Crippen MR) is 90.9 cm³/mol. The number of fused-ring (bicyclic) bond motifs is 1. The van der Waals surface area contributed by atoms with Crippen molar-refractivity contribution in [1.82, 2.24) is 9.97 Å². The van der Waals surface area contributed by atoms with E-state index < -0.39 is 0 Å². The van der Waals surface area contributed by atoms with Gasteiger partial charge in [0, 0.05) is 11.8 Å². The summed E-state index contributed by atoms with van der Waals surface area (Å²) in [5.74, 6) is 0. The highest BCUT2D eigenvalue weighted by Gasteiger charge is 2.24.